The Kier molecular flexibility index (Phi) is 7.58. The minimum absolute atomic E-state index is 0.622. The molecule has 0 fully saturated rings. The molecule has 1 spiro atoms. The summed E-state index contributed by atoms with van der Waals surface area (Å²) in [6.07, 6.45) is 3.72. The van der Waals surface area contributed by atoms with Crippen LogP contribution >= 0.6 is 0 Å². The summed E-state index contributed by atoms with van der Waals surface area (Å²) in [6, 6.07) is 73.2. The summed E-state index contributed by atoms with van der Waals surface area (Å²) < 4.78 is 12.0. The zero-order chi connectivity index (χ0) is 43.5. The van der Waals surface area contributed by atoms with Gasteiger partial charge in [-0.05, 0) is 119 Å². The van der Waals surface area contributed by atoms with Gasteiger partial charge < -0.3 is 13.9 Å². The molecule has 8 aromatic carbocycles. The summed E-state index contributed by atoms with van der Waals surface area (Å²) in [5.74, 6) is 1.57. The van der Waals surface area contributed by atoms with Gasteiger partial charge in [-0.1, -0.05) is 109 Å². The van der Waals surface area contributed by atoms with Crippen molar-refractivity contribution in [2.45, 2.75) is 5.41 Å². The number of rotatable bonds is 4. The molecule has 6 heteroatoms. The molecule has 0 amide bonds. The Bertz CT molecular complexity index is 4000. The average molecular weight is 842 g/mol. The molecule has 2 aliphatic rings. The molecule has 0 N–H and O–H groups in total. The van der Waals surface area contributed by atoms with Crippen LogP contribution in [-0.2, 0) is 5.41 Å². The Balaban J connectivity index is 1.00. The van der Waals surface area contributed by atoms with Gasteiger partial charge in [0.1, 0.15) is 11.5 Å². The standard InChI is InChI=1S/C60H35N5O/c61-36-37-22-27-53-45(32-37)47-34-40(25-29-55(47)65(53)42-14-5-2-6-15-42)43-17-9-18-51-59(43)66-56-35-39(23-26-48(56)60(51)49-19-10-30-62-57(49)58-50(60)20-11-31-63-58)38-24-28-54-46(33-38)44-16-7-8-21-52(44)64(54)41-12-3-1-4-13-41/h1-35H. The number of ether oxygens (including phenoxy) is 1. The maximum Gasteiger partial charge on any atom is 0.140 e. The van der Waals surface area contributed by atoms with Crippen LogP contribution in [0.4, 0.5) is 0 Å². The SMILES string of the molecule is N#Cc1ccc2c(c1)c1cc(-c3cccc4c3Oc3cc(-c5ccc6c(c5)c5ccccc5n6-c5ccccc5)ccc3C43c4cccnc4-c4ncccc43)ccc1n2-c1ccccc1. The maximum atomic E-state index is 10.0. The number of aromatic nitrogens is 4. The average Bonchev–Trinajstić information content (AvgIpc) is 4.00. The Hall–Kier alpha value is -9.05. The minimum Gasteiger partial charge on any atom is -0.456 e. The van der Waals surface area contributed by atoms with E-state index < -0.39 is 5.41 Å². The van der Waals surface area contributed by atoms with E-state index in [0.717, 1.165) is 106 Å². The summed E-state index contributed by atoms with van der Waals surface area (Å²) >= 11 is 0. The fourth-order valence-corrected chi connectivity index (χ4v) is 11.2. The van der Waals surface area contributed by atoms with Crippen molar-refractivity contribution in [3.05, 3.63) is 240 Å². The number of pyridine rings is 2. The molecule has 0 radical (unpaired) electrons. The van der Waals surface area contributed by atoms with E-state index in [2.05, 4.69) is 185 Å². The van der Waals surface area contributed by atoms with Gasteiger partial charge in [0.25, 0.3) is 0 Å². The van der Waals surface area contributed by atoms with Crippen LogP contribution in [0.3, 0.4) is 0 Å². The lowest BCUT2D eigenvalue weighted by Gasteiger charge is -2.39. The lowest BCUT2D eigenvalue weighted by Crippen LogP contribution is -2.32. The second-order valence-corrected chi connectivity index (χ2v) is 17.2. The monoisotopic (exact) mass is 841 g/mol. The highest BCUT2D eigenvalue weighted by Gasteiger charge is 2.53. The molecule has 14 rings (SSSR count). The van der Waals surface area contributed by atoms with E-state index in [1.165, 1.54) is 16.3 Å². The first-order valence-corrected chi connectivity index (χ1v) is 22.2. The molecule has 0 saturated carbocycles. The molecule has 306 valence electrons. The first-order valence-electron chi connectivity index (χ1n) is 22.2. The van der Waals surface area contributed by atoms with E-state index in [9.17, 15) is 5.26 Å². The van der Waals surface area contributed by atoms with Crippen molar-refractivity contribution >= 4 is 43.6 Å². The minimum atomic E-state index is -0.757. The molecule has 66 heavy (non-hydrogen) atoms. The molecular weight excluding hydrogens is 807 g/mol. The Morgan fingerprint density at radius 3 is 1.67 bits per heavy atom. The molecule has 0 atom stereocenters. The van der Waals surface area contributed by atoms with Crippen molar-refractivity contribution in [2.24, 2.45) is 0 Å². The van der Waals surface area contributed by atoms with Gasteiger partial charge in [-0.3, -0.25) is 9.97 Å². The van der Waals surface area contributed by atoms with Gasteiger partial charge >= 0.3 is 0 Å². The van der Waals surface area contributed by atoms with Crippen molar-refractivity contribution in [1.82, 2.24) is 19.1 Å². The topological polar surface area (TPSA) is 68.7 Å². The van der Waals surface area contributed by atoms with E-state index in [0.29, 0.717) is 5.56 Å². The van der Waals surface area contributed by atoms with Crippen LogP contribution in [0, 0.1) is 11.3 Å². The van der Waals surface area contributed by atoms with Gasteiger partial charge in [0, 0.05) is 62.0 Å². The number of hydrogen-bond acceptors (Lipinski definition) is 4. The predicted molar refractivity (Wildman–Crippen MR) is 264 cm³/mol. The summed E-state index contributed by atoms with van der Waals surface area (Å²) in [6.45, 7) is 0. The van der Waals surface area contributed by atoms with Crippen molar-refractivity contribution < 1.29 is 4.74 Å². The molecule has 5 heterocycles. The molecule has 6 nitrogen and oxygen atoms in total. The molecule has 1 aliphatic heterocycles. The largest absolute Gasteiger partial charge is 0.456 e. The zero-order valence-electron chi connectivity index (χ0n) is 35.4. The molecular formula is C60H35N5O. The van der Waals surface area contributed by atoms with E-state index in [1.54, 1.807) is 0 Å². The first kappa shape index (κ1) is 36.4. The molecule has 0 bridgehead atoms. The summed E-state index contributed by atoms with van der Waals surface area (Å²) in [5, 5.41) is 14.5. The van der Waals surface area contributed by atoms with Crippen LogP contribution in [0.1, 0.15) is 27.8 Å². The molecule has 0 saturated heterocycles. The van der Waals surface area contributed by atoms with Crippen molar-refractivity contribution in [3.8, 4) is 62.6 Å². The van der Waals surface area contributed by atoms with Crippen LogP contribution in [-0.4, -0.2) is 19.1 Å². The normalized spacial score (nSPS) is 13.1. The molecule has 1 aliphatic carbocycles. The molecule has 4 aromatic heterocycles. The third-order valence-electron chi connectivity index (χ3n) is 13.9. The lowest BCUT2D eigenvalue weighted by molar-refractivity contribution is 0.438. The summed E-state index contributed by atoms with van der Waals surface area (Å²) in [4.78, 5) is 9.99. The number of nitriles is 1. The van der Waals surface area contributed by atoms with Crippen molar-refractivity contribution in [1.29, 1.82) is 5.26 Å². The highest BCUT2D eigenvalue weighted by molar-refractivity contribution is 6.12. The third kappa shape index (κ3) is 4.94. The first-order chi connectivity index (χ1) is 32.7. The van der Waals surface area contributed by atoms with Crippen LogP contribution in [0.5, 0.6) is 11.5 Å². The number of nitrogens with zero attached hydrogens (tertiary/aromatic N) is 5. The highest BCUT2D eigenvalue weighted by atomic mass is 16.5. The van der Waals surface area contributed by atoms with E-state index in [-0.39, 0.29) is 0 Å². The highest BCUT2D eigenvalue weighted by Crippen LogP contribution is 2.63. The zero-order valence-corrected chi connectivity index (χ0v) is 35.4. The van der Waals surface area contributed by atoms with Gasteiger partial charge in [-0.2, -0.15) is 5.26 Å². The Labute approximate surface area is 379 Å². The van der Waals surface area contributed by atoms with Crippen LogP contribution in [0.15, 0.2) is 213 Å². The lowest BCUT2D eigenvalue weighted by atomic mass is 9.65. The Morgan fingerprint density at radius 1 is 0.424 bits per heavy atom. The number of hydrogen-bond donors (Lipinski definition) is 0. The maximum absolute atomic E-state index is 10.0. The van der Waals surface area contributed by atoms with E-state index in [1.807, 2.05) is 42.7 Å². The predicted octanol–water partition coefficient (Wildman–Crippen LogP) is 14.3. The van der Waals surface area contributed by atoms with Gasteiger partial charge in [0.05, 0.1) is 50.5 Å². The van der Waals surface area contributed by atoms with Crippen molar-refractivity contribution in [2.75, 3.05) is 0 Å². The van der Waals surface area contributed by atoms with Gasteiger partial charge in [-0.15, -0.1) is 0 Å². The second-order valence-electron chi connectivity index (χ2n) is 17.2. The summed E-state index contributed by atoms with van der Waals surface area (Å²) in [5.41, 5.74) is 16.6. The van der Waals surface area contributed by atoms with Gasteiger partial charge in [-0.25, -0.2) is 0 Å². The molecule has 0 unspecified atom stereocenters. The quantitative estimate of drug-likeness (QED) is 0.177. The fourth-order valence-electron chi connectivity index (χ4n) is 11.2. The fraction of sp³-hybridized carbons (Fsp3) is 0.0167. The van der Waals surface area contributed by atoms with Gasteiger partial charge in [0.15, 0.2) is 0 Å². The second kappa shape index (κ2) is 13.7. The van der Waals surface area contributed by atoms with Crippen LogP contribution in [0.25, 0.3) is 88.6 Å². The number of fused-ring (bicyclic) bond motifs is 15. The molecule has 12 aromatic rings. The number of benzene rings is 8. The third-order valence-corrected chi connectivity index (χ3v) is 13.9. The summed E-state index contributed by atoms with van der Waals surface area (Å²) in [7, 11) is 0. The smallest absolute Gasteiger partial charge is 0.140 e. The Morgan fingerprint density at radius 2 is 0.970 bits per heavy atom. The van der Waals surface area contributed by atoms with E-state index >= 15 is 0 Å². The number of para-hydroxylation sites is 4. The van der Waals surface area contributed by atoms with Crippen LogP contribution < -0.4 is 4.74 Å². The van der Waals surface area contributed by atoms with Crippen LogP contribution in [0.2, 0.25) is 0 Å². The van der Waals surface area contributed by atoms with Gasteiger partial charge in [0.2, 0.25) is 0 Å². The van der Waals surface area contributed by atoms with Crippen molar-refractivity contribution in [3.63, 3.8) is 0 Å². The van der Waals surface area contributed by atoms with E-state index in [4.69, 9.17) is 14.7 Å².